The number of carbonyl (C=O) groups is 2. The third kappa shape index (κ3) is 4.40. The Hall–Kier alpha value is -3.88. The topological polar surface area (TPSA) is 113 Å². The number of aromatic amines is 1. The van der Waals surface area contributed by atoms with Crippen LogP contribution in [0, 0.1) is 0 Å². The van der Waals surface area contributed by atoms with E-state index in [1.165, 1.54) is 14.2 Å². The summed E-state index contributed by atoms with van der Waals surface area (Å²) in [6.07, 6.45) is -1.01. The number of esters is 2. The summed E-state index contributed by atoms with van der Waals surface area (Å²) >= 11 is 0. The minimum Gasteiger partial charge on any atom is -0.493 e. The fraction of sp³-hybridized carbons (Fsp3) is 0.238. The molecule has 1 heterocycles. The average Bonchev–Trinajstić information content (AvgIpc) is 3.27. The lowest BCUT2D eigenvalue weighted by molar-refractivity contribution is -0.149. The summed E-state index contributed by atoms with van der Waals surface area (Å²) in [4.78, 5) is 24.5. The Balaban J connectivity index is 2.00. The molecule has 9 nitrogen and oxygen atoms in total. The van der Waals surface area contributed by atoms with Gasteiger partial charge in [-0.2, -0.15) is 10.3 Å². The molecular formula is C21H21N3O6. The zero-order chi connectivity index (χ0) is 21.5. The van der Waals surface area contributed by atoms with Crippen molar-refractivity contribution in [2.24, 2.45) is 0 Å². The molecule has 156 valence electrons. The zero-order valence-corrected chi connectivity index (χ0v) is 16.7. The van der Waals surface area contributed by atoms with E-state index in [2.05, 4.69) is 15.4 Å². The van der Waals surface area contributed by atoms with Crippen molar-refractivity contribution in [3.63, 3.8) is 0 Å². The summed E-state index contributed by atoms with van der Waals surface area (Å²) < 4.78 is 21.3. The van der Waals surface area contributed by atoms with Crippen molar-refractivity contribution in [1.82, 2.24) is 15.4 Å². The number of carbonyl (C=O) groups excluding carboxylic acids is 2. The van der Waals surface area contributed by atoms with Gasteiger partial charge < -0.3 is 18.9 Å². The lowest BCUT2D eigenvalue weighted by atomic mass is 10.1. The van der Waals surface area contributed by atoms with Gasteiger partial charge in [-0.05, 0) is 25.1 Å². The Morgan fingerprint density at radius 2 is 1.80 bits per heavy atom. The molecule has 2 aromatic carbocycles. The second-order valence-corrected chi connectivity index (χ2v) is 6.04. The second-order valence-electron chi connectivity index (χ2n) is 6.04. The lowest BCUT2D eigenvalue weighted by Gasteiger charge is -2.19. The average molecular weight is 411 g/mol. The maximum absolute atomic E-state index is 12.4. The van der Waals surface area contributed by atoms with E-state index in [1.807, 2.05) is 6.07 Å². The highest BCUT2D eigenvalue weighted by molar-refractivity contribution is 5.94. The molecule has 9 heteroatoms. The highest BCUT2D eigenvalue weighted by Gasteiger charge is 2.26. The molecule has 0 aliphatic heterocycles. The van der Waals surface area contributed by atoms with E-state index in [0.29, 0.717) is 16.9 Å². The van der Waals surface area contributed by atoms with Crippen molar-refractivity contribution in [3.05, 3.63) is 59.8 Å². The molecule has 0 saturated carbocycles. The first kappa shape index (κ1) is 20.8. The minimum atomic E-state index is -1.01. The Labute approximate surface area is 172 Å². The van der Waals surface area contributed by atoms with Crippen molar-refractivity contribution >= 4 is 11.9 Å². The van der Waals surface area contributed by atoms with Crippen molar-refractivity contribution < 1.29 is 28.5 Å². The summed E-state index contributed by atoms with van der Waals surface area (Å²) in [6.45, 7) is 1.91. The number of nitrogens with one attached hydrogen (secondary N) is 1. The van der Waals surface area contributed by atoms with Gasteiger partial charge in [0.05, 0.1) is 20.8 Å². The number of hydrogen-bond donors (Lipinski definition) is 1. The number of methoxy groups -OCH3 is 2. The maximum atomic E-state index is 12.4. The van der Waals surface area contributed by atoms with Crippen molar-refractivity contribution in [1.29, 1.82) is 0 Å². The van der Waals surface area contributed by atoms with Crippen molar-refractivity contribution in [2.45, 2.75) is 13.0 Å². The molecule has 3 rings (SSSR count). The first-order valence-electron chi connectivity index (χ1n) is 9.14. The van der Waals surface area contributed by atoms with Crippen LogP contribution in [0.4, 0.5) is 0 Å². The SMILES string of the molecule is CCOC(=O)c1n[nH]nc1-c1ccc(OC)c(OC(C(=O)OC)c2ccccc2)c1. The monoisotopic (exact) mass is 411 g/mol. The molecule has 3 aromatic rings. The summed E-state index contributed by atoms with van der Waals surface area (Å²) in [5, 5.41) is 10.4. The number of H-pyrrole nitrogens is 1. The van der Waals surface area contributed by atoms with E-state index in [9.17, 15) is 9.59 Å². The van der Waals surface area contributed by atoms with Crippen LogP contribution in [0.3, 0.4) is 0 Å². The third-order valence-electron chi connectivity index (χ3n) is 4.22. The molecular weight excluding hydrogens is 390 g/mol. The number of hydrogen-bond acceptors (Lipinski definition) is 8. The highest BCUT2D eigenvalue weighted by Crippen LogP contribution is 2.36. The van der Waals surface area contributed by atoms with E-state index in [1.54, 1.807) is 49.4 Å². The Morgan fingerprint density at radius 3 is 2.47 bits per heavy atom. The van der Waals surface area contributed by atoms with Crippen molar-refractivity contribution in [2.75, 3.05) is 20.8 Å². The van der Waals surface area contributed by atoms with E-state index in [0.717, 1.165) is 0 Å². The molecule has 1 aromatic heterocycles. The van der Waals surface area contributed by atoms with Gasteiger partial charge >= 0.3 is 11.9 Å². The van der Waals surface area contributed by atoms with Gasteiger partial charge in [-0.1, -0.05) is 30.3 Å². The minimum absolute atomic E-state index is 0.0422. The molecule has 1 unspecified atom stereocenters. The molecule has 0 amide bonds. The van der Waals surface area contributed by atoms with Gasteiger partial charge in [-0.3, -0.25) is 0 Å². The fourth-order valence-electron chi connectivity index (χ4n) is 2.80. The van der Waals surface area contributed by atoms with Gasteiger partial charge in [-0.25, -0.2) is 9.59 Å². The number of aromatic nitrogens is 3. The third-order valence-corrected chi connectivity index (χ3v) is 4.22. The van der Waals surface area contributed by atoms with Crippen LogP contribution in [0.25, 0.3) is 11.3 Å². The van der Waals surface area contributed by atoms with Crippen LogP contribution in [0.5, 0.6) is 11.5 Å². The van der Waals surface area contributed by atoms with E-state index < -0.39 is 18.0 Å². The van der Waals surface area contributed by atoms with Crippen LogP contribution < -0.4 is 9.47 Å². The standard InChI is InChI=1S/C21H21N3O6/c1-4-29-20(25)18-17(22-24-23-18)14-10-11-15(27-2)16(12-14)30-19(21(26)28-3)13-8-6-5-7-9-13/h5-12,19H,4H2,1-3H3,(H,22,23,24). The van der Waals surface area contributed by atoms with Crippen LogP contribution in [0.2, 0.25) is 0 Å². The fourth-order valence-corrected chi connectivity index (χ4v) is 2.80. The number of benzene rings is 2. The predicted molar refractivity (Wildman–Crippen MR) is 106 cm³/mol. The largest absolute Gasteiger partial charge is 0.493 e. The van der Waals surface area contributed by atoms with E-state index in [-0.39, 0.29) is 23.7 Å². The lowest BCUT2D eigenvalue weighted by Crippen LogP contribution is -2.20. The van der Waals surface area contributed by atoms with Crippen LogP contribution in [0.15, 0.2) is 48.5 Å². The molecule has 0 saturated heterocycles. The summed E-state index contributed by atoms with van der Waals surface area (Å²) in [7, 11) is 2.77. The Morgan fingerprint density at radius 1 is 1.03 bits per heavy atom. The molecule has 0 fully saturated rings. The summed E-state index contributed by atoms with van der Waals surface area (Å²) in [5.41, 5.74) is 1.47. The predicted octanol–water partition coefficient (Wildman–Crippen LogP) is 2.95. The first-order chi connectivity index (χ1) is 14.6. The maximum Gasteiger partial charge on any atom is 0.361 e. The molecule has 0 aliphatic carbocycles. The van der Waals surface area contributed by atoms with Crippen molar-refractivity contribution in [3.8, 4) is 22.8 Å². The Kier molecular flexibility index (Phi) is 6.63. The molecule has 0 bridgehead atoms. The number of ether oxygens (including phenoxy) is 4. The van der Waals surface area contributed by atoms with Crippen LogP contribution in [0.1, 0.15) is 29.1 Å². The molecule has 30 heavy (non-hydrogen) atoms. The van der Waals surface area contributed by atoms with Gasteiger partial charge in [0.25, 0.3) is 0 Å². The number of rotatable bonds is 8. The second kappa shape index (κ2) is 9.55. The Bertz CT molecular complexity index is 1020. The summed E-state index contributed by atoms with van der Waals surface area (Å²) in [6, 6.07) is 13.9. The van der Waals surface area contributed by atoms with Crippen LogP contribution >= 0.6 is 0 Å². The smallest absolute Gasteiger partial charge is 0.361 e. The quantitative estimate of drug-likeness (QED) is 0.563. The highest BCUT2D eigenvalue weighted by atomic mass is 16.6. The molecule has 0 radical (unpaired) electrons. The van der Waals surface area contributed by atoms with Crippen LogP contribution in [-0.2, 0) is 14.3 Å². The van der Waals surface area contributed by atoms with E-state index in [4.69, 9.17) is 18.9 Å². The molecule has 0 spiro atoms. The molecule has 0 aliphatic rings. The van der Waals surface area contributed by atoms with Gasteiger partial charge in [0.2, 0.25) is 6.10 Å². The van der Waals surface area contributed by atoms with Gasteiger partial charge in [-0.15, -0.1) is 5.10 Å². The van der Waals surface area contributed by atoms with Crippen LogP contribution in [-0.4, -0.2) is 48.2 Å². The summed E-state index contributed by atoms with van der Waals surface area (Å²) in [5.74, 6) is -0.504. The molecule has 1 N–H and O–H groups in total. The normalized spacial score (nSPS) is 11.4. The zero-order valence-electron chi connectivity index (χ0n) is 16.7. The van der Waals surface area contributed by atoms with Gasteiger partial charge in [0.1, 0.15) is 5.69 Å². The van der Waals surface area contributed by atoms with E-state index >= 15 is 0 Å². The number of nitrogens with zero attached hydrogens (tertiary/aromatic N) is 2. The molecule has 1 atom stereocenters. The van der Waals surface area contributed by atoms with Gasteiger partial charge in [0.15, 0.2) is 17.2 Å². The first-order valence-corrected chi connectivity index (χ1v) is 9.14. The van der Waals surface area contributed by atoms with Gasteiger partial charge in [0, 0.05) is 11.1 Å².